The van der Waals surface area contributed by atoms with Gasteiger partial charge >= 0.3 is 5.97 Å². The smallest absolute Gasteiger partial charge is 0.343 e. The van der Waals surface area contributed by atoms with E-state index in [0.717, 1.165) is 20.7 Å². The highest BCUT2D eigenvalue weighted by molar-refractivity contribution is 7.18. The number of carbonyl (C=O) groups excluding carboxylic acids is 1. The summed E-state index contributed by atoms with van der Waals surface area (Å²) >= 11 is 3.17. The number of nitrogens with two attached hydrogens (primary N) is 1. The van der Waals surface area contributed by atoms with Gasteiger partial charge in [0.1, 0.15) is 22.5 Å². The molecule has 4 heterocycles. The minimum Gasteiger partial charge on any atom is -0.462 e. The number of esters is 1. The zero-order valence-electron chi connectivity index (χ0n) is 13.2. The largest absolute Gasteiger partial charge is 0.462 e. The number of nitrogens with zero attached hydrogens (tertiary/aromatic N) is 4. The molecule has 25 heavy (non-hydrogen) atoms. The van der Waals surface area contributed by atoms with Crippen LogP contribution in [0.2, 0.25) is 0 Å². The average molecular weight is 371 g/mol. The van der Waals surface area contributed by atoms with E-state index in [0.29, 0.717) is 5.82 Å². The first-order valence-electron chi connectivity index (χ1n) is 7.47. The third-order valence-corrected chi connectivity index (χ3v) is 5.43. The summed E-state index contributed by atoms with van der Waals surface area (Å²) in [5, 5.41) is 9.17. The molecule has 9 heteroatoms. The van der Waals surface area contributed by atoms with E-state index in [4.69, 9.17) is 10.5 Å². The molecule has 0 radical (unpaired) electrons. The van der Waals surface area contributed by atoms with Gasteiger partial charge in [-0.3, -0.25) is 0 Å². The Morgan fingerprint density at radius 1 is 1.36 bits per heavy atom. The number of thiophene rings is 2. The molecule has 4 aromatic rings. The van der Waals surface area contributed by atoms with Gasteiger partial charge in [0.15, 0.2) is 5.82 Å². The predicted octanol–water partition coefficient (Wildman–Crippen LogP) is 3.36. The number of hydrogen-bond acceptors (Lipinski definition) is 8. The quantitative estimate of drug-likeness (QED) is 0.553. The van der Waals surface area contributed by atoms with E-state index in [1.54, 1.807) is 18.3 Å². The molecular weight excluding hydrogens is 358 g/mol. The van der Waals surface area contributed by atoms with Crippen molar-refractivity contribution in [2.45, 2.75) is 6.92 Å². The van der Waals surface area contributed by atoms with E-state index in [1.165, 1.54) is 28.5 Å². The first-order valence-corrected chi connectivity index (χ1v) is 9.23. The van der Waals surface area contributed by atoms with Crippen LogP contribution in [0.15, 0.2) is 35.4 Å². The van der Waals surface area contributed by atoms with Gasteiger partial charge in [-0.25, -0.2) is 14.8 Å². The normalized spacial score (nSPS) is 11.1. The van der Waals surface area contributed by atoms with Crippen LogP contribution in [0.5, 0.6) is 0 Å². The van der Waals surface area contributed by atoms with Crippen LogP contribution in [-0.4, -0.2) is 32.3 Å². The SMILES string of the molecule is CCOC(=O)c1cnn(-c2ncnc3scc(-c4cccs4)c23)c1N. The van der Waals surface area contributed by atoms with Crippen LogP contribution in [0.1, 0.15) is 17.3 Å². The van der Waals surface area contributed by atoms with E-state index in [1.807, 2.05) is 22.9 Å². The Morgan fingerprint density at radius 2 is 2.24 bits per heavy atom. The molecule has 0 saturated heterocycles. The molecule has 0 aliphatic heterocycles. The Morgan fingerprint density at radius 3 is 3.00 bits per heavy atom. The van der Waals surface area contributed by atoms with Gasteiger partial charge in [0.25, 0.3) is 0 Å². The standard InChI is InChI=1S/C16H13N5O2S2/c1-2-23-16(22)9-6-20-21(13(9)17)14-12-10(11-4-3-5-24-11)7-25-15(12)19-8-18-14/h3-8H,2,17H2,1H3. The molecule has 0 aromatic carbocycles. The van der Waals surface area contributed by atoms with E-state index in [2.05, 4.69) is 15.1 Å². The summed E-state index contributed by atoms with van der Waals surface area (Å²) in [6.07, 6.45) is 2.87. The maximum absolute atomic E-state index is 12.0. The Balaban J connectivity index is 1.91. The Kier molecular flexibility index (Phi) is 3.94. The van der Waals surface area contributed by atoms with Crippen molar-refractivity contribution in [3.8, 4) is 16.3 Å². The van der Waals surface area contributed by atoms with Crippen molar-refractivity contribution in [2.24, 2.45) is 0 Å². The lowest BCUT2D eigenvalue weighted by Gasteiger charge is -2.07. The van der Waals surface area contributed by atoms with Crippen LogP contribution in [0.25, 0.3) is 26.5 Å². The van der Waals surface area contributed by atoms with Gasteiger partial charge in [-0.15, -0.1) is 22.7 Å². The molecule has 0 fully saturated rings. The third kappa shape index (κ3) is 2.57. The van der Waals surface area contributed by atoms with Crippen molar-refractivity contribution in [1.29, 1.82) is 0 Å². The highest BCUT2D eigenvalue weighted by Gasteiger charge is 2.21. The molecule has 7 nitrogen and oxygen atoms in total. The van der Waals surface area contributed by atoms with Crippen LogP contribution in [0.4, 0.5) is 5.82 Å². The summed E-state index contributed by atoms with van der Waals surface area (Å²) in [6.45, 7) is 2.01. The van der Waals surface area contributed by atoms with Gasteiger partial charge in [0, 0.05) is 15.8 Å². The second-order valence-corrected chi connectivity index (χ2v) is 6.89. The number of rotatable bonds is 4. The zero-order chi connectivity index (χ0) is 17.4. The molecule has 0 atom stereocenters. The molecule has 2 N–H and O–H groups in total. The van der Waals surface area contributed by atoms with Crippen molar-refractivity contribution < 1.29 is 9.53 Å². The maximum atomic E-state index is 12.0. The molecular formula is C16H13N5O2S2. The highest BCUT2D eigenvalue weighted by Crippen LogP contribution is 2.38. The first kappa shape index (κ1) is 15.7. The Labute approximate surface area is 150 Å². The summed E-state index contributed by atoms with van der Waals surface area (Å²) < 4.78 is 6.47. The number of ether oxygens (including phenoxy) is 1. The number of aromatic nitrogens is 4. The lowest BCUT2D eigenvalue weighted by Crippen LogP contribution is -2.10. The number of hydrogen-bond donors (Lipinski definition) is 1. The van der Waals surface area contributed by atoms with Crippen LogP contribution in [0, 0.1) is 0 Å². The van der Waals surface area contributed by atoms with Gasteiger partial charge in [0.2, 0.25) is 0 Å². The molecule has 0 spiro atoms. The van der Waals surface area contributed by atoms with E-state index < -0.39 is 5.97 Å². The molecule has 0 unspecified atom stereocenters. The minimum absolute atomic E-state index is 0.196. The first-order chi connectivity index (χ1) is 12.2. The van der Waals surface area contributed by atoms with Gasteiger partial charge in [0.05, 0.1) is 18.2 Å². The van der Waals surface area contributed by atoms with Crippen molar-refractivity contribution in [2.75, 3.05) is 12.3 Å². The van der Waals surface area contributed by atoms with Crippen LogP contribution >= 0.6 is 22.7 Å². The number of fused-ring (bicyclic) bond motifs is 1. The molecule has 126 valence electrons. The Bertz CT molecular complexity index is 1050. The van der Waals surface area contributed by atoms with E-state index in [-0.39, 0.29) is 18.0 Å². The fraction of sp³-hybridized carbons (Fsp3) is 0.125. The number of anilines is 1. The lowest BCUT2D eigenvalue weighted by molar-refractivity contribution is 0.0527. The van der Waals surface area contributed by atoms with Crippen molar-refractivity contribution >= 4 is 44.7 Å². The van der Waals surface area contributed by atoms with E-state index >= 15 is 0 Å². The number of nitrogen functional groups attached to an aromatic ring is 1. The lowest BCUT2D eigenvalue weighted by atomic mass is 10.2. The molecule has 0 bridgehead atoms. The van der Waals surface area contributed by atoms with Crippen molar-refractivity contribution in [3.63, 3.8) is 0 Å². The fourth-order valence-electron chi connectivity index (χ4n) is 2.53. The van der Waals surface area contributed by atoms with E-state index in [9.17, 15) is 4.79 Å². The molecule has 4 rings (SSSR count). The van der Waals surface area contributed by atoms with Gasteiger partial charge in [-0.05, 0) is 18.4 Å². The summed E-state index contributed by atoms with van der Waals surface area (Å²) in [5.74, 6) is 0.241. The average Bonchev–Trinajstić information content (AvgIpc) is 3.33. The van der Waals surface area contributed by atoms with Crippen molar-refractivity contribution in [1.82, 2.24) is 19.7 Å². The van der Waals surface area contributed by atoms with Crippen LogP contribution in [-0.2, 0) is 4.74 Å². The second kappa shape index (κ2) is 6.26. The molecule has 0 amide bonds. The maximum Gasteiger partial charge on any atom is 0.343 e. The third-order valence-electron chi connectivity index (χ3n) is 3.64. The topological polar surface area (TPSA) is 95.9 Å². The summed E-state index contributed by atoms with van der Waals surface area (Å²) in [4.78, 5) is 22.6. The molecule has 0 aliphatic rings. The van der Waals surface area contributed by atoms with Gasteiger partial charge in [-0.1, -0.05) is 6.07 Å². The molecule has 0 aliphatic carbocycles. The Hall–Kier alpha value is -2.78. The van der Waals surface area contributed by atoms with Gasteiger partial charge in [-0.2, -0.15) is 9.78 Å². The minimum atomic E-state index is -0.500. The summed E-state index contributed by atoms with van der Waals surface area (Å²) in [6, 6.07) is 4.04. The fourth-order valence-corrected chi connectivity index (χ4v) is 4.25. The van der Waals surface area contributed by atoms with Crippen LogP contribution < -0.4 is 5.73 Å². The molecule has 0 saturated carbocycles. The number of carbonyl (C=O) groups is 1. The summed E-state index contributed by atoms with van der Waals surface area (Å²) in [7, 11) is 0. The summed E-state index contributed by atoms with van der Waals surface area (Å²) in [5.41, 5.74) is 7.39. The highest BCUT2D eigenvalue weighted by atomic mass is 32.1. The van der Waals surface area contributed by atoms with Gasteiger partial charge < -0.3 is 10.5 Å². The molecule has 4 aromatic heterocycles. The second-order valence-electron chi connectivity index (χ2n) is 5.08. The zero-order valence-corrected chi connectivity index (χ0v) is 14.8. The predicted molar refractivity (Wildman–Crippen MR) is 98.2 cm³/mol. The van der Waals surface area contributed by atoms with Crippen LogP contribution in [0.3, 0.4) is 0 Å². The monoisotopic (exact) mass is 371 g/mol. The van der Waals surface area contributed by atoms with Crippen molar-refractivity contribution in [3.05, 3.63) is 41.0 Å².